The number of amides is 1. The minimum absolute atomic E-state index is 0.0522. The molecule has 1 aliphatic rings. The number of fused-ring (bicyclic) bond motifs is 1. The summed E-state index contributed by atoms with van der Waals surface area (Å²) in [5, 5.41) is 0.893. The van der Waals surface area contributed by atoms with Gasteiger partial charge in [0.1, 0.15) is 5.60 Å². The van der Waals surface area contributed by atoms with Gasteiger partial charge in [-0.3, -0.25) is 14.8 Å². The van der Waals surface area contributed by atoms with Gasteiger partial charge in [0.25, 0.3) is 0 Å². The molecule has 0 saturated carbocycles. The molecular formula is C31H33N5O3. The van der Waals surface area contributed by atoms with Gasteiger partial charge in [-0.2, -0.15) is 0 Å². The van der Waals surface area contributed by atoms with Gasteiger partial charge in [-0.15, -0.1) is 0 Å². The van der Waals surface area contributed by atoms with Crippen LogP contribution in [0.25, 0.3) is 22.2 Å². The molecule has 1 amide bonds. The van der Waals surface area contributed by atoms with Gasteiger partial charge in [-0.25, -0.2) is 4.79 Å². The summed E-state index contributed by atoms with van der Waals surface area (Å²) in [6.45, 7) is 8.23. The summed E-state index contributed by atoms with van der Waals surface area (Å²) in [5.41, 5.74) is 11.0. The van der Waals surface area contributed by atoms with Crippen molar-refractivity contribution in [3.63, 3.8) is 0 Å². The summed E-state index contributed by atoms with van der Waals surface area (Å²) in [5.74, 6) is -0.0522. The van der Waals surface area contributed by atoms with Crippen LogP contribution in [0.4, 0.5) is 16.2 Å². The first-order valence-electron chi connectivity index (χ1n) is 13.1. The molecule has 8 heteroatoms. The number of pyridine rings is 2. The van der Waals surface area contributed by atoms with Gasteiger partial charge in [-0.05, 0) is 50.6 Å². The van der Waals surface area contributed by atoms with Crippen molar-refractivity contribution in [3.8, 4) is 11.3 Å². The molecule has 8 nitrogen and oxygen atoms in total. The Morgan fingerprint density at radius 3 is 2.38 bits per heavy atom. The van der Waals surface area contributed by atoms with Crippen LogP contribution in [0.5, 0.6) is 0 Å². The number of nitrogen functional groups attached to an aromatic ring is 1. The van der Waals surface area contributed by atoms with Crippen molar-refractivity contribution >= 4 is 34.2 Å². The number of hydrogen-bond donors (Lipinski definition) is 1. The second-order valence-corrected chi connectivity index (χ2v) is 10.8. The number of carbonyl (C=O) groups excluding carboxylic acids is 2. The zero-order chi connectivity index (χ0) is 27.6. The van der Waals surface area contributed by atoms with Crippen molar-refractivity contribution < 1.29 is 14.3 Å². The number of hydrogen-bond acceptors (Lipinski definition) is 7. The van der Waals surface area contributed by atoms with E-state index in [1.54, 1.807) is 17.3 Å². The van der Waals surface area contributed by atoms with Crippen molar-refractivity contribution in [1.29, 1.82) is 0 Å². The van der Waals surface area contributed by atoms with E-state index in [-0.39, 0.29) is 18.3 Å². The Balaban J connectivity index is 1.27. The van der Waals surface area contributed by atoms with Gasteiger partial charge in [0.15, 0.2) is 5.78 Å². The van der Waals surface area contributed by atoms with Crippen LogP contribution in [0.15, 0.2) is 73.1 Å². The largest absolute Gasteiger partial charge is 0.444 e. The second-order valence-electron chi connectivity index (χ2n) is 10.8. The van der Waals surface area contributed by atoms with E-state index in [0.717, 1.165) is 33.4 Å². The maximum atomic E-state index is 13.2. The molecule has 2 aromatic heterocycles. The number of carbonyl (C=O) groups is 2. The van der Waals surface area contributed by atoms with Crippen LogP contribution in [-0.2, 0) is 11.2 Å². The highest BCUT2D eigenvalue weighted by molar-refractivity contribution is 6.00. The summed E-state index contributed by atoms with van der Waals surface area (Å²) in [7, 11) is 0. The number of ketones is 1. The van der Waals surface area contributed by atoms with Gasteiger partial charge in [-0.1, -0.05) is 36.4 Å². The number of nitrogens with two attached hydrogens (primary N) is 1. The Kier molecular flexibility index (Phi) is 7.19. The van der Waals surface area contributed by atoms with Gasteiger partial charge < -0.3 is 20.3 Å². The molecule has 4 aromatic rings. The molecule has 0 aliphatic carbocycles. The molecule has 1 aliphatic heterocycles. The monoisotopic (exact) mass is 523 g/mol. The smallest absolute Gasteiger partial charge is 0.410 e. The lowest BCUT2D eigenvalue weighted by Gasteiger charge is -2.36. The SMILES string of the molecule is CC(C)(C)OC(=O)N1CCN(c2ccc3cc(C(=O)Cc4cc(-c5ccccc5)ncc4N)cnc3c2)CC1. The van der Waals surface area contributed by atoms with Gasteiger partial charge in [0.2, 0.25) is 0 Å². The number of ether oxygens (including phenoxy) is 1. The standard InChI is InChI=1S/C31H33N5O3/c1-31(2,3)39-30(38)36-13-11-35(12-14-36)25-10-9-22-15-24(19-33-28(22)18-25)29(37)17-23-16-27(34-20-26(23)32)21-7-5-4-6-8-21/h4-10,15-16,18-20H,11-14,17,32H2,1-3H3. The fraction of sp³-hybridized carbons (Fsp3) is 0.290. The van der Waals surface area contributed by atoms with E-state index in [0.29, 0.717) is 37.4 Å². The van der Waals surface area contributed by atoms with Crippen LogP contribution in [0.1, 0.15) is 36.7 Å². The van der Waals surface area contributed by atoms with Crippen molar-refractivity contribution in [2.45, 2.75) is 32.8 Å². The highest BCUT2D eigenvalue weighted by Gasteiger charge is 2.26. The zero-order valence-corrected chi connectivity index (χ0v) is 22.6. The Morgan fingerprint density at radius 1 is 0.923 bits per heavy atom. The van der Waals surface area contributed by atoms with E-state index < -0.39 is 5.60 Å². The minimum Gasteiger partial charge on any atom is -0.444 e. The summed E-state index contributed by atoms with van der Waals surface area (Å²) >= 11 is 0. The molecule has 0 atom stereocenters. The number of Topliss-reactive ketones (excluding diaryl/α,β-unsaturated/α-hetero) is 1. The number of aromatic nitrogens is 2. The average Bonchev–Trinajstić information content (AvgIpc) is 2.93. The first kappa shape index (κ1) is 26.2. The summed E-state index contributed by atoms with van der Waals surface area (Å²) in [6, 6.07) is 19.6. The third-order valence-electron chi connectivity index (χ3n) is 6.73. The summed E-state index contributed by atoms with van der Waals surface area (Å²) in [4.78, 5) is 38.6. The molecule has 3 heterocycles. The van der Waals surface area contributed by atoms with Crippen molar-refractivity contribution in [1.82, 2.24) is 14.9 Å². The van der Waals surface area contributed by atoms with Gasteiger partial charge >= 0.3 is 6.09 Å². The number of rotatable bonds is 5. The first-order chi connectivity index (χ1) is 18.7. The van der Waals surface area contributed by atoms with Gasteiger partial charge in [0.05, 0.1) is 23.1 Å². The first-order valence-corrected chi connectivity index (χ1v) is 13.1. The fourth-order valence-corrected chi connectivity index (χ4v) is 4.64. The van der Waals surface area contributed by atoms with Crippen LogP contribution in [0.3, 0.4) is 0 Å². The summed E-state index contributed by atoms with van der Waals surface area (Å²) < 4.78 is 5.50. The molecular weight excluding hydrogens is 490 g/mol. The third-order valence-corrected chi connectivity index (χ3v) is 6.73. The second kappa shape index (κ2) is 10.7. The molecule has 0 radical (unpaired) electrons. The quantitative estimate of drug-likeness (QED) is 0.351. The van der Waals surface area contributed by atoms with E-state index in [2.05, 4.69) is 14.9 Å². The molecule has 0 bridgehead atoms. The normalized spacial score (nSPS) is 13.9. The summed E-state index contributed by atoms with van der Waals surface area (Å²) in [6.07, 6.45) is 3.13. The predicted molar refractivity (Wildman–Crippen MR) is 154 cm³/mol. The van der Waals surface area contributed by atoms with Crippen LogP contribution >= 0.6 is 0 Å². The molecule has 0 unspecified atom stereocenters. The van der Waals surface area contributed by atoms with Crippen molar-refractivity contribution in [2.75, 3.05) is 36.8 Å². The van der Waals surface area contributed by atoms with Crippen LogP contribution in [-0.4, -0.2) is 58.5 Å². The Morgan fingerprint density at radius 2 is 1.67 bits per heavy atom. The zero-order valence-electron chi connectivity index (χ0n) is 22.6. The van der Waals surface area contributed by atoms with Crippen LogP contribution in [0.2, 0.25) is 0 Å². The molecule has 5 rings (SSSR count). The van der Waals surface area contributed by atoms with E-state index >= 15 is 0 Å². The number of nitrogens with zero attached hydrogens (tertiary/aromatic N) is 4. The number of anilines is 2. The van der Waals surface area contributed by atoms with E-state index in [9.17, 15) is 9.59 Å². The lowest BCUT2D eigenvalue weighted by molar-refractivity contribution is 0.0240. The molecule has 200 valence electrons. The minimum atomic E-state index is -0.505. The predicted octanol–water partition coefficient (Wildman–Crippen LogP) is 5.36. The van der Waals surface area contributed by atoms with E-state index in [1.807, 2.05) is 81.4 Å². The Labute approximate surface area is 228 Å². The lowest BCUT2D eigenvalue weighted by atomic mass is 10.0. The molecule has 2 aromatic carbocycles. The molecule has 1 fully saturated rings. The molecule has 2 N–H and O–H groups in total. The van der Waals surface area contributed by atoms with Gasteiger partial charge in [0, 0.05) is 61.0 Å². The Bertz CT molecular complexity index is 1510. The highest BCUT2D eigenvalue weighted by Crippen LogP contribution is 2.25. The average molecular weight is 524 g/mol. The van der Waals surface area contributed by atoms with Crippen molar-refractivity contribution in [2.24, 2.45) is 0 Å². The van der Waals surface area contributed by atoms with Crippen LogP contribution < -0.4 is 10.6 Å². The van der Waals surface area contributed by atoms with E-state index in [4.69, 9.17) is 10.5 Å². The molecule has 1 saturated heterocycles. The maximum Gasteiger partial charge on any atom is 0.410 e. The molecule has 0 spiro atoms. The van der Waals surface area contributed by atoms with Crippen LogP contribution in [0, 0.1) is 0 Å². The third kappa shape index (κ3) is 6.17. The van der Waals surface area contributed by atoms with Crippen molar-refractivity contribution in [3.05, 3.63) is 84.2 Å². The Hall–Kier alpha value is -4.46. The lowest BCUT2D eigenvalue weighted by Crippen LogP contribution is -2.50. The maximum absolute atomic E-state index is 13.2. The molecule has 39 heavy (non-hydrogen) atoms. The topological polar surface area (TPSA) is 102 Å². The highest BCUT2D eigenvalue weighted by atomic mass is 16.6. The number of piperazine rings is 1. The van der Waals surface area contributed by atoms with E-state index in [1.165, 1.54) is 0 Å². The fourth-order valence-electron chi connectivity index (χ4n) is 4.64. The number of benzene rings is 2.